The van der Waals surface area contributed by atoms with Gasteiger partial charge in [-0.3, -0.25) is 14.5 Å². The monoisotopic (exact) mass is 1180 g/mol. The lowest BCUT2D eigenvalue weighted by Gasteiger charge is -2.25. The minimum absolute atomic E-state index is 0.0478. The Morgan fingerprint density at radius 1 is 0.226 bits per heavy atom. The average molecular weight is 1180 g/mol. The van der Waals surface area contributed by atoms with Gasteiger partial charge in [0.05, 0.1) is 5.69 Å². The highest BCUT2D eigenvalue weighted by Crippen LogP contribution is 2.52. The lowest BCUT2D eigenvalue weighted by molar-refractivity contribution is 0.0987. The van der Waals surface area contributed by atoms with E-state index in [9.17, 15) is 4.79 Å². The van der Waals surface area contributed by atoms with Gasteiger partial charge in [-0.25, -0.2) is 0 Å². The summed E-state index contributed by atoms with van der Waals surface area (Å²) >= 11 is 0. The fraction of sp³-hybridized carbons (Fsp3) is 0.0112. The molecule has 0 aliphatic rings. The van der Waals surface area contributed by atoms with Crippen LogP contribution in [0.3, 0.4) is 0 Å². The SMILES string of the molecule is CN(C(=O)c1ccccc1)c1ccc(-c2ccc(-c3cc4c(-c5cc6cccc7c8cc(N(C(=O)c9ccccc9)c9ccccc9)cc9ccc%10cccc(c%11cccc5c%11c67)c%10c98)cc5cccc6c7cccc8ccc9cccc(c(c3)c4c56)c9c87)cc2)cc1. The number of anilines is 3. The molecule has 0 radical (unpaired) electrons. The van der Waals surface area contributed by atoms with Gasteiger partial charge in [-0.2, -0.15) is 0 Å². The van der Waals surface area contributed by atoms with Crippen LogP contribution >= 0.6 is 0 Å². The molecular weight excluding hydrogens is 1130 g/mol. The summed E-state index contributed by atoms with van der Waals surface area (Å²) in [6, 6.07) is 111. The summed E-state index contributed by atoms with van der Waals surface area (Å²) in [5.41, 5.74) is 10.4. The van der Waals surface area contributed by atoms with Crippen molar-refractivity contribution in [2.24, 2.45) is 0 Å². The van der Waals surface area contributed by atoms with E-state index in [-0.39, 0.29) is 11.8 Å². The molecule has 0 atom stereocenters. The smallest absolute Gasteiger partial charge is 0.262 e. The number of carbonyl (C=O) groups excluding carboxylic acids is 2. The summed E-state index contributed by atoms with van der Waals surface area (Å²) in [4.78, 5) is 32.1. The number of amides is 2. The van der Waals surface area contributed by atoms with Crippen LogP contribution in [0, 0.1) is 0 Å². The predicted molar refractivity (Wildman–Crippen MR) is 394 cm³/mol. The van der Waals surface area contributed by atoms with Crippen LogP contribution in [0.15, 0.2) is 309 Å². The summed E-state index contributed by atoms with van der Waals surface area (Å²) < 4.78 is 0. The third-order valence-corrected chi connectivity index (χ3v) is 20.0. The van der Waals surface area contributed by atoms with E-state index in [1.807, 2.05) is 115 Å². The van der Waals surface area contributed by atoms with Gasteiger partial charge >= 0.3 is 0 Å². The topological polar surface area (TPSA) is 40.6 Å². The molecule has 0 N–H and O–H groups in total. The predicted octanol–water partition coefficient (Wildman–Crippen LogP) is 23.7. The number of hydrogen-bond donors (Lipinski definition) is 0. The van der Waals surface area contributed by atoms with Crippen LogP contribution in [0.1, 0.15) is 20.7 Å². The second-order valence-corrected chi connectivity index (χ2v) is 25.0. The molecule has 0 spiro atoms. The van der Waals surface area contributed by atoms with Gasteiger partial charge in [-0.1, -0.05) is 224 Å². The molecule has 0 saturated carbocycles. The Balaban J connectivity index is 0.888. The normalized spacial score (nSPS) is 12.0. The summed E-state index contributed by atoms with van der Waals surface area (Å²) in [7, 11) is 1.83. The first-order valence-corrected chi connectivity index (χ1v) is 31.8. The number of para-hydroxylation sites is 1. The Morgan fingerprint density at radius 2 is 0.581 bits per heavy atom. The van der Waals surface area contributed by atoms with E-state index in [0.29, 0.717) is 11.1 Å². The molecule has 0 bridgehead atoms. The molecule has 93 heavy (non-hydrogen) atoms. The standard InChI is InChI=1S/C89H54N2O2/c1-90(88(92)59-17-5-2-6-18-59)65-45-43-54(44-46-65)53-35-37-55(38-36-53)64-50-77-73-31-13-23-57-40-39-56-21-11-28-68(80(56)82(57)73)69-30-14-24-62-49-76(78(51-64)87(77)83(62)69)75-48-61-25-15-32-74-79-52-67(91(66-26-9-4-10-27-66)89(93)60-19-7-3-8-20-60)47-63-42-41-58-22-12-29-70(81(58)85(63)79)71-33-16-34-72(75)86(71)84(61)74/h2-52H,1H3. The van der Waals surface area contributed by atoms with Crippen molar-refractivity contribution in [2.75, 3.05) is 16.8 Å². The Bertz CT molecular complexity index is 6320. The summed E-state index contributed by atoms with van der Waals surface area (Å²) in [5.74, 6) is -0.142. The van der Waals surface area contributed by atoms with Crippen LogP contribution in [-0.4, -0.2) is 18.9 Å². The van der Waals surface area contributed by atoms with Crippen molar-refractivity contribution in [3.63, 3.8) is 0 Å². The van der Waals surface area contributed by atoms with Gasteiger partial charge in [0.15, 0.2) is 0 Å². The zero-order chi connectivity index (χ0) is 61.6. The largest absolute Gasteiger partial charge is 0.311 e. The van der Waals surface area contributed by atoms with Crippen molar-refractivity contribution in [3.8, 4) is 33.4 Å². The van der Waals surface area contributed by atoms with Crippen LogP contribution in [0.5, 0.6) is 0 Å². The zero-order valence-corrected chi connectivity index (χ0v) is 50.7. The number of fused-ring (bicyclic) bond motifs is 4. The van der Waals surface area contributed by atoms with E-state index in [0.717, 1.165) is 77.4 Å². The van der Waals surface area contributed by atoms with Gasteiger partial charge in [-0.15, -0.1) is 0 Å². The maximum Gasteiger partial charge on any atom is 0.262 e. The number of hydrogen-bond acceptors (Lipinski definition) is 2. The zero-order valence-electron chi connectivity index (χ0n) is 50.7. The Morgan fingerprint density at radius 3 is 1.12 bits per heavy atom. The van der Waals surface area contributed by atoms with Crippen molar-refractivity contribution >= 4 is 158 Å². The number of benzene rings is 17. The van der Waals surface area contributed by atoms with Crippen molar-refractivity contribution in [2.45, 2.75) is 0 Å². The van der Waals surface area contributed by atoms with Crippen molar-refractivity contribution in [3.05, 3.63) is 321 Å². The van der Waals surface area contributed by atoms with E-state index in [4.69, 9.17) is 0 Å². The molecule has 0 fully saturated rings. The van der Waals surface area contributed by atoms with E-state index in [2.05, 4.69) is 206 Å². The number of carbonyl (C=O) groups is 2. The van der Waals surface area contributed by atoms with Crippen molar-refractivity contribution in [1.82, 2.24) is 0 Å². The quantitative estimate of drug-likeness (QED) is 0.142. The van der Waals surface area contributed by atoms with E-state index in [1.165, 1.54) is 102 Å². The summed E-state index contributed by atoms with van der Waals surface area (Å²) in [5, 5.41) is 28.5. The molecule has 2 amide bonds. The average Bonchev–Trinajstić information content (AvgIpc) is 0.713. The molecule has 432 valence electrons. The molecule has 0 heterocycles. The Hall–Kier alpha value is -12.2. The molecule has 0 saturated heterocycles. The van der Waals surface area contributed by atoms with Crippen LogP contribution in [-0.2, 0) is 0 Å². The first-order valence-electron chi connectivity index (χ1n) is 31.8. The van der Waals surface area contributed by atoms with Gasteiger partial charge in [-0.05, 0) is 248 Å². The lowest BCUT2D eigenvalue weighted by Crippen LogP contribution is -2.25. The van der Waals surface area contributed by atoms with Crippen molar-refractivity contribution < 1.29 is 9.59 Å². The molecule has 19 aromatic rings. The van der Waals surface area contributed by atoms with Crippen molar-refractivity contribution in [1.29, 1.82) is 0 Å². The number of rotatable bonds is 8. The highest BCUT2D eigenvalue weighted by Gasteiger charge is 2.26. The van der Waals surface area contributed by atoms with E-state index in [1.54, 1.807) is 4.90 Å². The van der Waals surface area contributed by atoms with Crippen LogP contribution in [0.2, 0.25) is 0 Å². The number of nitrogens with zero attached hydrogens (tertiary/aromatic N) is 2. The fourth-order valence-corrected chi connectivity index (χ4v) is 15.8. The highest BCUT2D eigenvalue weighted by atomic mass is 16.2. The molecule has 4 nitrogen and oxygen atoms in total. The third kappa shape index (κ3) is 7.99. The van der Waals surface area contributed by atoms with Gasteiger partial charge in [0.25, 0.3) is 11.8 Å². The minimum Gasteiger partial charge on any atom is -0.311 e. The van der Waals surface area contributed by atoms with Gasteiger partial charge in [0, 0.05) is 29.5 Å². The summed E-state index contributed by atoms with van der Waals surface area (Å²) in [6.07, 6.45) is 0. The van der Waals surface area contributed by atoms with E-state index >= 15 is 4.79 Å². The Kier molecular flexibility index (Phi) is 11.6. The first kappa shape index (κ1) is 52.7. The maximum atomic E-state index is 15.1. The summed E-state index contributed by atoms with van der Waals surface area (Å²) in [6.45, 7) is 0. The fourth-order valence-electron chi connectivity index (χ4n) is 15.8. The molecule has 0 unspecified atom stereocenters. The molecule has 19 aromatic carbocycles. The van der Waals surface area contributed by atoms with E-state index < -0.39 is 0 Å². The second-order valence-electron chi connectivity index (χ2n) is 25.0. The third-order valence-electron chi connectivity index (χ3n) is 20.0. The lowest BCUT2D eigenvalue weighted by atomic mass is 9.82. The van der Waals surface area contributed by atoms with Crippen LogP contribution < -0.4 is 9.80 Å². The van der Waals surface area contributed by atoms with Crippen LogP contribution in [0.25, 0.3) is 163 Å². The molecule has 0 aromatic heterocycles. The minimum atomic E-state index is -0.0946. The molecule has 19 rings (SSSR count). The molecule has 4 heteroatoms. The van der Waals surface area contributed by atoms with Gasteiger partial charge in [0.1, 0.15) is 0 Å². The van der Waals surface area contributed by atoms with Gasteiger partial charge in [0.2, 0.25) is 0 Å². The Labute approximate surface area is 535 Å². The van der Waals surface area contributed by atoms with Crippen LogP contribution in [0.4, 0.5) is 17.1 Å². The molecule has 0 aliphatic carbocycles. The second kappa shape index (κ2) is 20.4. The maximum absolute atomic E-state index is 15.1. The molecule has 0 aliphatic heterocycles. The molecular formula is C89H54N2O2. The van der Waals surface area contributed by atoms with Gasteiger partial charge < -0.3 is 4.90 Å². The highest BCUT2D eigenvalue weighted by molar-refractivity contribution is 6.42. The first-order chi connectivity index (χ1) is 45.9.